The number of anilines is 2. The highest BCUT2D eigenvalue weighted by atomic mass is 35.5. The third-order valence-corrected chi connectivity index (χ3v) is 9.17. The number of aromatic nitrogens is 2. The number of carboxylic acid groups (broad SMARTS) is 1. The van der Waals surface area contributed by atoms with Gasteiger partial charge in [-0.2, -0.15) is 9.57 Å². The molecule has 2 atom stereocenters. The molecule has 0 radical (unpaired) electrons. The number of imidazole rings is 1. The summed E-state index contributed by atoms with van der Waals surface area (Å²) in [6.45, 7) is 1.64. The van der Waals surface area contributed by atoms with E-state index in [4.69, 9.17) is 28.5 Å². The van der Waals surface area contributed by atoms with Crippen LogP contribution in [0.1, 0.15) is 30.9 Å². The van der Waals surface area contributed by atoms with Gasteiger partial charge in [0.1, 0.15) is 11.6 Å². The number of fused-ring (bicyclic) bond motifs is 1. The standard InChI is InChI=1S/C25H21Cl2N5O5S/c1-25(12-15-4-6-16(13-28)7-5-15)23(35)31(19-10-17(26)9-18(27)11-19)24-29-14-21(32(24)25)38(36,37)30-8-2-3-20(30)22(33)34/h4-7,9-11,14,20H,2-3,8,12H2,1H3,(H,33,34). The molecule has 0 saturated carbocycles. The summed E-state index contributed by atoms with van der Waals surface area (Å²) >= 11 is 12.4. The average Bonchev–Trinajstić information content (AvgIpc) is 3.57. The topological polar surface area (TPSA) is 137 Å². The maximum absolute atomic E-state index is 14.1. The minimum Gasteiger partial charge on any atom is -0.480 e. The van der Waals surface area contributed by atoms with Gasteiger partial charge in [-0.05, 0) is 55.7 Å². The fourth-order valence-corrected chi connectivity index (χ4v) is 7.46. The number of amides is 1. The summed E-state index contributed by atoms with van der Waals surface area (Å²) in [5, 5.41) is 19.0. The zero-order valence-electron chi connectivity index (χ0n) is 20.0. The van der Waals surface area contributed by atoms with Crippen LogP contribution < -0.4 is 4.90 Å². The lowest BCUT2D eigenvalue weighted by molar-refractivity contribution is -0.140. The number of carbonyl (C=O) groups is 2. The zero-order valence-corrected chi connectivity index (χ0v) is 22.3. The first-order valence-corrected chi connectivity index (χ1v) is 13.8. The van der Waals surface area contributed by atoms with Crippen LogP contribution in [0.3, 0.4) is 0 Å². The Morgan fingerprint density at radius 1 is 1.21 bits per heavy atom. The van der Waals surface area contributed by atoms with E-state index in [2.05, 4.69) is 4.98 Å². The molecule has 1 amide bonds. The molecule has 1 aromatic heterocycles. The Bertz CT molecular complexity index is 1600. The maximum Gasteiger partial charge on any atom is 0.322 e. The van der Waals surface area contributed by atoms with Crippen LogP contribution in [0.4, 0.5) is 11.6 Å². The van der Waals surface area contributed by atoms with Gasteiger partial charge < -0.3 is 5.11 Å². The van der Waals surface area contributed by atoms with Crippen LogP contribution >= 0.6 is 23.2 Å². The molecule has 10 nitrogen and oxygen atoms in total. The molecule has 38 heavy (non-hydrogen) atoms. The SMILES string of the molecule is CC1(Cc2ccc(C#N)cc2)C(=O)N(c2cc(Cl)cc(Cl)c2)c2ncc(S(=O)(=O)N3CCCC3C(=O)O)n21. The van der Waals surface area contributed by atoms with Crippen molar-refractivity contribution in [1.29, 1.82) is 5.26 Å². The predicted octanol–water partition coefficient (Wildman–Crippen LogP) is 3.94. The molecule has 2 unspecified atom stereocenters. The highest BCUT2D eigenvalue weighted by molar-refractivity contribution is 7.89. The summed E-state index contributed by atoms with van der Waals surface area (Å²) < 4.78 is 30.0. The zero-order chi connectivity index (χ0) is 27.4. The van der Waals surface area contributed by atoms with Crippen molar-refractivity contribution in [2.45, 2.75) is 42.8 Å². The van der Waals surface area contributed by atoms with E-state index in [0.717, 1.165) is 10.5 Å². The van der Waals surface area contributed by atoms with E-state index in [-0.39, 0.29) is 40.4 Å². The van der Waals surface area contributed by atoms with Crippen molar-refractivity contribution in [3.05, 3.63) is 69.8 Å². The first kappa shape index (κ1) is 26.2. The molecular weight excluding hydrogens is 553 g/mol. The Kier molecular flexibility index (Phi) is 6.47. The van der Waals surface area contributed by atoms with Gasteiger partial charge in [0.2, 0.25) is 5.95 Å². The number of carboxylic acids is 1. The van der Waals surface area contributed by atoms with E-state index in [0.29, 0.717) is 23.2 Å². The smallest absolute Gasteiger partial charge is 0.322 e. The lowest BCUT2D eigenvalue weighted by atomic mass is 9.91. The normalized spacial score (nSPS) is 21.5. The lowest BCUT2D eigenvalue weighted by Gasteiger charge is -2.28. The van der Waals surface area contributed by atoms with E-state index < -0.39 is 33.5 Å². The van der Waals surface area contributed by atoms with Gasteiger partial charge in [-0.25, -0.2) is 18.3 Å². The van der Waals surface area contributed by atoms with Crippen LogP contribution in [-0.2, 0) is 31.6 Å². The quantitative estimate of drug-likeness (QED) is 0.471. The molecule has 1 saturated heterocycles. The van der Waals surface area contributed by atoms with Crippen molar-refractivity contribution >= 4 is 56.7 Å². The molecule has 13 heteroatoms. The molecule has 3 heterocycles. The number of hydrogen-bond donors (Lipinski definition) is 1. The molecule has 2 aromatic carbocycles. The summed E-state index contributed by atoms with van der Waals surface area (Å²) in [5.41, 5.74) is -0.0580. The highest BCUT2D eigenvalue weighted by Gasteiger charge is 2.53. The second-order valence-corrected chi connectivity index (χ2v) is 12.1. The number of sulfonamides is 1. The van der Waals surface area contributed by atoms with E-state index in [9.17, 15) is 23.1 Å². The molecular formula is C25H21Cl2N5O5S. The Balaban J connectivity index is 1.69. The Morgan fingerprint density at radius 2 is 1.87 bits per heavy atom. The van der Waals surface area contributed by atoms with E-state index in [1.165, 1.54) is 27.7 Å². The number of carbonyl (C=O) groups excluding carboxylic acids is 1. The van der Waals surface area contributed by atoms with Crippen molar-refractivity contribution in [3.63, 3.8) is 0 Å². The second-order valence-electron chi connectivity index (χ2n) is 9.37. The molecule has 2 aliphatic rings. The van der Waals surface area contributed by atoms with Crippen LogP contribution in [-0.4, -0.2) is 51.8 Å². The summed E-state index contributed by atoms with van der Waals surface area (Å²) in [4.78, 5) is 31.5. The van der Waals surface area contributed by atoms with Gasteiger partial charge in [0.05, 0.1) is 23.5 Å². The Morgan fingerprint density at radius 3 is 2.47 bits per heavy atom. The lowest BCUT2D eigenvalue weighted by Crippen LogP contribution is -2.45. The fourth-order valence-electron chi connectivity index (χ4n) is 5.10. The van der Waals surface area contributed by atoms with Crippen molar-refractivity contribution in [2.24, 2.45) is 0 Å². The van der Waals surface area contributed by atoms with Crippen LogP contribution in [0.2, 0.25) is 10.0 Å². The minimum atomic E-state index is -4.36. The van der Waals surface area contributed by atoms with Gasteiger partial charge in [-0.1, -0.05) is 35.3 Å². The summed E-state index contributed by atoms with van der Waals surface area (Å²) in [7, 11) is -4.36. The number of rotatable bonds is 6. The fraction of sp³-hybridized carbons (Fsp3) is 0.280. The van der Waals surface area contributed by atoms with Crippen molar-refractivity contribution in [2.75, 3.05) is 11.4 Å². The predicted molar refractivity (Wildman–Crippen MR) is 139 cm³/mol. The van der Waals surface area contributed by atoms with Gasteiger partial charge in [-0.15, -0.1) is 0 Å². The number of benzene rings is 2. The molecule has 0 bridgehead atoms. The van der Waals surface area contributed by atoms with Gasteiger partial charge >= 0.3 is 5.97 Å². The largest absolute Gasteiger partial charge is 0.480 e. The minimum absolute atomic E-state index is 0.0354. The molecule has 1 N–H and O–H groups in total. The van der Waals surface area contributed by atoms with E-state index in [1.54, 1.807) is 31.2 Å². The first-order chi connectivity index (χ1) is 18.0. The van der Waals surface area contributed by atoms with E-state index >= 15 is 0 Å². The molecule has 196 valence electrons. The number of nitrogens with zero attached hydrogens (tertiary/aromatic N) is 5. The average molecular weight is 574 g/mol. The molecule has 3 aromatic rings. The van der Waals surface area contributed by atoms with Gasteiger partial charge in [0.25, 0.3) is 15.9 Å². The maximum atomic E-state index is 14.1. The van der Waals surface area contributed by atoms with Crippen LogP contribution in [0, 0.1) is 11.3 Å². The number of nitriles is 1. The Hall–Kier alpha value is -3.43. The molecule has 5 rings (SSSR count). The van der Waals surface area contributed by atoms with Gasteiger partial charge in [0, 0.05) is 23.0 Å². The third-order valence-electron chi connectivity index (χ3n) is 6.87. The molecule has 2 aliphatic heterocycles. The van der Waals surface area contributed by atoms with Gasteiger partial charge in [-0.3, -0.25) is 14.2 Å². The summed E-state index contributed by atoms with van der Waals surface area (Å²) in [6.07, 6.45) is 1.79. The van der Waals surface area contributed by atoms with Crippen molar-refractivity contribution in [3.8, 4) is 6.07 Å². The van der Waals surface area contributed by atoms with Crippen molar-refractivity contribution < 1.29 is 23.1 Å². The first-order valence-electron chi connectivity index (χ1n) is 11.6. The third kappa shape index (κ3) is 4.14. The van der Waals surface area contributed by atoms with Crippen LogP contribution in [0.25, 0.3) is 0 Å². The summed E-state index contributed by atoms with van der Waals surface area (Å²) in [5.74, 6) is -1.68. The monoisotopic (exact) mass is 573 g/mol. The molecule has 0 aliphatic carbocycles. The molecule has 1 fully saturated rings. The van der Waals surface area contributed by atoms with Crippen LogP contribution in [0.5, 0.6) is 0 Å². The highest BCUT2D eigenvalue weighted by Crippen LogP contribution is 2.45. The second kappa shape index (κ2) is 9.39. The number of halogens is 2. The summed E-state index contributed by atoms with van der Waals surface area (Å²) in [6, 6.07) is 12.0. The number of hydrogen-bond acceptors (Lipinski definition) is 6. The van der Waals surface area contributed by atoms with Crippen LogP contribution in [0.15, 0.2) is 53.7 Å². The van der Waals surface area contributed by atoms with Gasteiger partial charge in [0.15, 0.2) is 5.03 Å². The van der Waals surface area contributed by atoms with E-state index in [1.807, 2.05) is 6.07 Å². The number of aliphatic carboxylic acids is 1. The molecule has 0 spiro atoms. The van der Waals surface area contributed by atoms with Crippen molar-refractivity contribution in [1.82, 2.24) is 13.9 Å². The Labute approximate surface area is 228 Å².